The largest absolute Gasteiger partial charge is 0.390 e. The number of pyridine rings is 1. The number of piperidine rings is 1. The van der Waals surface area contributed by atoms with Gasteiger partial charge in [-0.3, -0.25) is 9.78 Å². The fourth-order valence-electron chi connectivity index (χ4n) is 3.62. The van der Waals surface area contributed by atoms with Crippen LogP contribution >= 0.6 is 0 Å². The van der Waals surface area contributed by atoms with Crippen molar-refractivity contribution in [2.24, 2.45) is 5.41 Å². The van der Waals surface area contributed by atoms with E-state index in [-0.39, 0.29) is 11.3 Å². The molecule has 0 bridgehead atoms. The molecule has 108 valence electrons. The first-order chi connectivity index (χ1) is 9.44. The van der Waals surface area contributed by atoms with Crippen molar-refractivity contribution in [3.63, 3.8) is 0 Å². The van der Waals surface area contributed by atoms with Crippen molar-refractivity contribution in [2.75, 3.05) is 13.1 Å². The van der Waals surface area contributed by atoms with E-state index in [0.717, 1.165) is 44.3 Å². The first kappa shape index (κ1) is 13.6. The second-order valence-electron chi connectivity index (χ2n) is 6.60. The topological polar surface area (TPSA) is 53.4 Å². The summed E-state index contributed by atoms with van der Waals surface area (Å²) in [5, 5.41) is 10.4. The summed E-state index contributed by atoms with van der Waals surface area (Å²) >= 11 is 0. The van der Waals surface area contributed by atoms with E-state index in [1.165, 1.54) is 0 Å². The van der Waals surface area contributed by atoms with E-state index in [4.69, 9.17) is 0 Å². The number of aryl methyl sites for hydroxylation is 1. The Bertz CT molecular complexity index is 531. The number of hydrogen-bond donors (Lipinski definition) is 1. The molecule has 2 fully saturated rings. The number of amides is 1. The molecule has 1 saturated carbocycles. The van der Waals surface area contributed by atoms with Gasteiger partial charge >= 0.3 is 0 Å². The number of nitrogens with zero attached hydrogens (tertiary/aromatic N) is 2. The van der Waals surface area contributed by atoms with Gasteiger partial charge in [-0.2, -0.15) is 0 Å². The van der Waals surface area contributed by atoms with Crippen molar-refractivity contribution < 1.29 is 9.90 Å². The molecular weight excluding hydrogens is 252 g/mol. The normalized spacial score (nSPS) is 28.2. The minimum absolute atomic E-state index is 0.0502. The van der Waals surface area contributed by atoms with Crippen LogP contribution in [0.15, 0.2) is 18.5 Å². The van der Waals surface area contributed by atoms with E-state index < -0.39 is 5.60 Å². The lowest BCUT2D eigenvalue weighted by atomic mass is 9.53. The first-order valence-electron chi connectivity index (χ1n) is 7.37. The highest BCUT2D eigenvalue weighted by atomic mass is 16.3. The Morgan fingerprint density at radius 3 is 2.45 bits per heavy atom. The molecule has 20 heavy (non-hydrogen) atoms. The number of carbonyl (C=O) groups is 1. The standard InChI is InChI=1S/C16H22N2O2/c1-12-9-13(11-17-10-12)14(19)18-7-5-16(6-8-18)4-3-15(16,2)20/h9-11,20H,3-8H2,1-2H3. The maximum Gasteiger partial charge on any atom is 0.255 e. The molecule has 0 aromatic carbocycles. The highest BCUT2D eigenvalue weighted by Crippen LogP contribution is 2.56. The van der Waals surface area contributed by atoms with Crippen molar-refractivity contribution in [3.8, 4) is 0 Å². The second kappa shape index (κ2) is 4.55. The predicted molar refractivity (Wildman–Crippen MR) is 76.4 cm³/mol. The summed E-state index contributed by atoms with van der Waals surface area (Å²) in [5.41, 5.74) is 1.19. The monoisotopic (exact) mass is 274 g/mol. The molecule has 1 unspecified atom stereocenters. The Morgan fingerprint density at radius 2 is 1.95 bits per heavy atom. The number of hydrogen-bond acceptors (Lipinski definition) is 3. The lowest BCUT2D eigenvalue weighted by Gasteiger charge is -2.58. The minimum atomic E-state index is -0.535. The van der Waals surface area contributed by atoms with Gasteiger partial charge in [0.25, 0.3) is 5.91 Å². The van der Waals surface area contributed by atoms with Gasteiger partial charge in [0.15, 0.2) is 0 Å². The highest BCUT2D eigenvalue weighted by Gasteiger charge is 2.55. The van der Waals surface area contributed by atoms with Gasteiger partial charge in [0.1, 0.15) is 0 Å². The van der Waals surface area contributed by atoms with Gasteiger partial charge in [-0.1, -0.05) is 0 Å². The summed E-state index contributed by atoms with van der Waals surface area (Å²) in [6.07, 6.45) is 7.19. The SMILES string of the molecule is Cc1cncc(C(=O)N2CCC3(CC2)CCC3(C)O)c1. The van der Waals surface area contributed by atoms with E-state index in [1.807, 2.05) is 24.8 Å². The zero-order chi connectivity index (χ0) is 14.4. The van der Waals surface area contributed by atoms with Crippen LogP contribution in [0.3, 0.4) is 0 Å². The average Bonchev–Trinajstić information content (AvgIpc) is 2.45. The number of aliphatic hydroxyl groups is 1. The molecular formula is C16H22N2O2. The Kier molecular flexibility index (Phi) is 3.09. The van der Waals surface area contributed by atoms with Gasteiger partial charge in [-0.25, -0.2) is 0 Å². The fourth-order valence-corrected chi connectivity index (χ4v) is 3.62. The summed E-state index contributed by atoms with van der Waals surface area (Å²) in [5.74, 6) is 0.0648. The maximum absolute atomic E-state index is 12.5. The first-order valence-corrected chi connectivity index (χ1v) is 7.37. The molecule has 4 heteroatoms. The quantitative estimate of drug-likeness (QED) is 0.853. The summed E-state index contributed by atoms with van der Waals surface area (Å²) in [6, 6.07) is 1.89. The van der Waals surface area contributed by atoms with Gasteiger partial charge < -0.3 is 10.0 Å². The van der Waals surface area contributed by atoms with Crippen LogP contribution in [0.4, 0.5) is 0 Å². The molecule has 4 nitrogen and oxygen atoms in total. The molecule has 3 rings (SSSR count). The predicted octanol–water partition coefficient (Wildman–Crippen LogP) is 2.16. The molecule has 1 aliphatic carbocycles. The van der Waals surface area contributed by atoms with Gasteiger partial charge in [0.05, 0.1) is 11.2 Å². The Hall–Kier alpha value is -1.42. The molecule has 1 aromatic rings. The summed E-state index contributed by atoms with van der Waals surface area (Å²) in [6.45, 7) is 5.37. The lowest BCUT2D eigenvalue weighted by Crippen LogP contribution is -2.60. The van der Waals surface area contributed by atoms with Gasteiger partial charge in [-0.15, -0.1) is 0 Å². The summed E-state index contributed by atoms with van der Waals surface area (Å²) in [7, 11) is 0. The summed E-state index contributed by atoms with van der Waals surface area (Å²) in [4.78, 5) is 18.4. The van der Waals surface area contributed by atoms with Crippen molar-refractivity contribution in [2.45, 2.75) is 45.1 Å². The molecule has 1 amide bonds. The zero-order valence-electron chi connectivity index (χ0n) is 12.2. The molecule has 2 heterocycles. The molecule has 0 radical (unpaired) electrons. The molecule has 2 aliphatic rings. The number of rotatable bonds is 1. The lowest BCUT2D eigenvalue weighted by molar-refractivity contribution is -0.174. The van der Waals surface area contributed by atoms with E-state index in [2.05, 4.69) is 4.98 Å². The van der Waals surface area contributed by atoms with Crippen molar-refractivity contribution in [1.29, 1.82) is 0 Å². The van der Waals surface area contributed by atoms with E-state index in [9.17, 15) is 9.90 Å². The fraction of sp³-hybridized carbons (Fsp3) is 0.625. The van der Waals surface area contributed by atoms with Crippen LogP contribution in [-0.4, -0.2) is 39.6 Å². The van der Waals surface area contributed by atoms with Crippen molar-refractivity contribution >= 4 is 5.91 Å². The van der Waals surface area contributed by atoms with Crippen LogP contribution in [0.2, 0.25) is 0 Å². The number of aromatic nitrogens is 1. The Labute approximate surface area is 119 Å². The van der Waals surface area contributed by atoms with Gasteiger partial charge in [0.2, 0.25) is 0 Å². The van der Waals surface area contributed by atoms with Crippen LogP contribution < -0.4 is 0 Å². The number of likely N-dealkylation sites (tertiary alicyclic amines) is 1. The van der Waals surface area contributed by atoms with Gasteiger partial charge in [-0.05, 0) is 51.2 Å². The van der Waals surface area contributed by atoms with Crippen LogP contribution in [0.5, 0.6) is 0 Å². The molecule has 1 saturated heterocycles. The molecule has 1 aromatic heterocycles. The second-order valence-corrected chi connectivity index (χ2v) is 6.60. The molecule has 1 atom stereocenters. The zero-order valence-corrected chi connectivity index (χ0v) is 12.2. The third kappa shape index (κ3) is 2.03. The van der Waals surface area contributed by atoms with E-state index in [1.54, 1.807) is 12.4 Å². The van der Waals surface area contributed by atoms with Crippen LogP contribution in [-0.2, 0) is 0 Å². The van der Waals surface area contributed by atoms with Gasteiger partial charge in [0, 0.05) is 30.9 Å². The third-order valence-electron chi connectivity index (χ3n) is 5.36. The van der Waals surface area contributed by atoms with Crippen LogP contribution in [0.25, 0.3) is 0 Å². The molecule has 1 aliphatic heterocycles. The third-order valence-corrected chi connectivity index (χ3v) is 5.36. The average molecular weight is 274 g/mol. The van der Waals surface area contributed by atoms with Crippen molar-refractivity contribution in [3.05, 3.63) is 29.6 Å². The Balaban J connectivity index is 1.68. The van der Waals surface area contributed by atoms with Crippen molar-refractivity contribution in [1.82, 2.24) is 9.88 Å². The highest BCUT2D eigenvalue weighted by molar-refractivity contribution is 5.94. The smallest absolute Gasteiger partial charge is 0.255 e. The van der Waals surface area contributed by atoms with Crippen LogP contribution in [0.1, 0.15) is 48.5 Å². The maximum atomic E-state index is 12.5. The molecule has 1 N–H and O–H groups in total. The summed E-state index contributed by atoms with van der Waals surface area (Å²) < 4.78 is 0. The van der Waals surface area contributed by atoms with Crippen LogP contribution in [0, 0.1) is 12.3 Å². The van der Waals surface area contributed by atoms with E-state index >= 15 is 0 Å². The minimum Gasteiger partial charge on any atom is -0.390 e. The molecule has 1 spiro atoms. The Morgan fingerprint density at radius 1 is 1.25 bits per heavy atom. The van der Waals surface area contributed by atoms with E-state index in [0.29, 0.717) is 5.56 Å². The number of carbonyl (C=O) groups excluding carboxylic acids is 1.